The summed E-state index contributed by atoms with van der Waals surface area (Å²) in [4.78, 5) is 36.3. The lowest BCUT2D eigenvalue weighted by Crippen LogP contribution is -2.43. The third kappa shape index (κ3) is 4.47. The Morgan fingerprint density at radius 2 is 1.96 bits per heavy atom. The van der Waals surface area contributed by atoms with Gasteiger partial charge in [-0.3, -0.25) is 19.7 Å². The number of piperidine rings is 1. The van der Waals surface area contributed by atoms with Gasteiger partial charge < -0.3 is 10.6 Å². The second kappa shape index (κ2) is 7.65. The van der Waals surface area contributed by atoms with Crippen LogP contribution >= 0.6 is 11.8 Å². The van der Waals surface area contributed by atoms with E-state index in [1.54, 1.807) is 0 Å². The number of likely N-dealkylation sites (tertiary alicyclic amines) is 1. The molecule has 2 amide bonds. The molecule has 1 aliphatic heterocycles. The monoisotopic (exact) mass is 351 g/mol. The molecule has 1 heterocycles. The second-order valence-electron chi connectivity index (χ2n) is 6.34. The predicted molar refractivity (Wildman–Crippen MR) is 91.9 cm³/mol. The van der Waals surface area contributed by atoms with Gasteiger partial charge >= 0.3 is 0 Å². The van der Waals surface area contributed by atoms with Gasteiger partial charge in [0.05, 0.1) is 15.6 Å². The molecule has 2 rings (SSSR count). The zero-order valence-electron chi connectivity index (χ0n) is 13.7. The molecule has 24 heavy (non-hydrogen) atoms. The number of thioether (sulfide) groups is 1. The lowest BCUT2D eigenvalue weighted by atomic mass is 9.92. The van der Waals surface area contributed by atoms with Crippen LogP contribution in [0.15, 0.2) is 23.1 Å². The van der Waals surface area contributed by atoms with E-state index < -0.39 is 10.8 Å². The molecule has 0 aromatic heterocycles. The number of nitrogens with zero attached hydrogens (tertiary/aromatic N) is 2. The van der Waals surface area contributed by atoms with Crippen LogP contribution in [0.2, 0.25) is 0 Å². The lowest BCUT2D eigenvalue weighted by Gasteiger charge is -2.35. The molecule has 8 heteroatoms. The van der Waals surface area contributed by atoms with Gasteiger partial charge in [-0.25, -0.2) is 0 Å². The first-order valence-electron chi connectivity index (χ1n) is 7.76. The van der Waals surface area contributed by atoms with Gasteiger partial charge in [0.2, 0.25) is 11.8 Å². The van der Waals surface area contributed by atoms with Crippen LogP contribution in [0.5, 0.6) is 0 Å². The van der Waals surface area contributed by atoms with E-state index in [1.807, 2.05) is 4.90 Å². The van der Waals surface area contributed by atoms with Crippen LogP contribution in [-0.4, -0.2) is 40.5 Å². The molecule has 0 spiro atoms. The zero-order chi connectivity index (χ0) is 17.9. The minimum absolute atomic E-state index is 0.0216. The number of benzene rings is 1. The highest BCUT2D eigenvalue weighted by atomic mass is 32.2. The highest BCUT2D eigenvalue weighted by molar-refractivity contribution is 8.00. The van der Waals surface area contributed by atoms with Gasteiger partial charge in [-0.2, -0.15) is 0 Å². The minimum Gasteiger partial charge on any atom is -0.366 e. The molecular formula is C16H21N3O4S. The summed E-state index contributed by atoms with van der Waals surface area (Å²) in [5, 5.41) is 11.2. The minimum atomic E-state index is -0.720. The Morgan fingerprint density at radius 1 is 1.33 bits per heavy atom. The normalized spacial score (nSPS) is 20.7. The van der Waals surface area contributed by atoms with E-state index >= 15 is 0 Å². The van der Waals surface area contributed by atoms with E-state index in [-0.39, 0.29) is 22.9 Å². The van der Waals surface area contributed by atoms with E-state index in [0.29, 0.717) is 16.7 Å². The summed E-state index contributed by atoms with van der Waals surface area (Å²) in [6.45, 7) is 5.70. The van der Waals surface area contributed by atoms with Crippen molar-refractivity contribution in [1.29, 1.82) is 0 Å². The molecule has 0 bridgehead atoms. The maximum atomic E-state index is 12.4. The van der Waals surface area contributed by atoms with Crippen molar-refractivity contribution in [1.82, 2.24) is 4.90 Å². The summed E-state index contributed by atoms with van der Waals surface area (Å²) in [7, 11) is 0. The molecule has 0 radical (unpaired) electrons. The summed E-state index contributed by atoms with van der Waals surface area (Å²) in [5.41, 5.74) is 5.02. The Labute approximate surface area is 144 Å². The van der Waals surface area contributed by atoms with Crippen LogP contribution in [0.25, 0.3) is 0 Å². The van der Waals surface area contributed by atoms with Gasteiger partial charge in [0.15, 0.2) is 0 Å². The molecule has 2 atom stereocenters. The Kier molecular flexibility index (Phi) is 5.82. The summed E-state index contributed by atoms with van der Waals surface area (Å²) in [5.74, 6) is 0.323. The number of amides is 2. The highest BCUT2D eigenvalue weighted by Crippen LogP contribution is 2.31. The molecule has 0 saturated carbocycles. The molecule has 2 N–H and O–H groups in total. The van der Waals surface area contributed by atoms with E-state index in [1.165, 1.54) is 12.1 Å². The Morgan fingerprint density at radius 3 is 2.50 bits per heavy atom. The van der Waals surface area contributed by atoms with Gasteiger partial charge in [-0.05, 0) is 30.4 Å². The van der Waals surface area contributed by atoms with Crippen LogP contribution in [0.1, 0.15) is 30.6 Å². The third-order valence-corrected chi connectivity index (χ3v) is 5.06. The van der Waals surface area contributed by atoms with Crippen molar-refractivity contribution >= 4 is 29.3 Å². The first-order chi connectivity index (χ1) is 11.3. The SMILES string of the molecule is CC1CC(C)CN(C(=O)CSc2ccc(C(N)=O)cc2[N+](=O)[O-])C1. The van der Waals surface area contributed by atoms with Crippen molar-refractivity contribution in [2.75, 3.05) is 18.8 Å². The van der Waals surface area contributed by atoms with Crippen LogP contribution in [0, 0.1) is 22.0 Å². The molecule has 1 aromatic carbocycles. The first kappa shape index (κ1) is 18.3. The average Bonchev–Trinajstić information content (AvgIpc) is 2.51. The van der Waals surface area contributed by atoms with Crippen molar-refractivity contribution in [3.63, 3.8) is 0 Å². The van der Waals surface area contributed by atoms with Gasteiger partial charge in [-0.15, -0.1) is 11.8 Å². The number of carbonyl (C=O) groups is 2. The fourth-order valence-corrected chi connectivity index (χ4v) is 3.94. The van der Waals surface area contributed by atoms with E-state index in [2.05, 4.69) is 13.8 Å². The summed E-state index contributed by atoms with van der Waals surface area (Å²) < 4.78 is 0. The molecule has 2 unspecified atom stereocenters. The number of nitrogens with two attached hydrogens (primary N) is 1. The van der Waals surface area contributed by atoms with E-state index in [9.17, 15) is 19.7 Å². The number of nitro benzene ring substituents is 1. The van der Waals surface area contributed by atoms with Crippen molar-refractivity contribution in [3.05, 3.63) is 33.9 Å². The van der Waals surface area contributed by atoms with Crippen LogP contribution < -0.4 is 5.73 Å². The molecule has 0 aliphatic carbocycles. The summed E-state index contributed by atoms with van der Waals surface area (Å²) >= 11 is 1.12. The Hall–Kier alpha value is -2.09. The van der Waals surface area contributed by atoms with Gasteiger partial charge in [-0.1, -0.05) is 13.8 Å². The fourth-order valence-electron chi connectivity index (χ4n) is 3.03. The summed E-state index contributed by atoms with van der Waals surface area (Å²) in [6.07, 6.45) is 1.11. The van der Waals surface area contributed by atoms with E-state index in [4.69, 9.17) is 5.73 Å². The van der Waals surface area contributed by atoms with Gasteiger partial charge in [0.25, 0.3) is 5.69 Å². The fraction of sp³-hybridized carbons (Fsp3) is 0.500. The first-order valence-corrected chi connectivity index (χ1v) is 8.75. The van der Waals surface area contributed by atoms with Crippen LogP contribution in [-0.2, 0) is 4.79 Å². The Bertz CT molecular complexity index is 655. The van der Waals surface area contributed by atoms with Crippen molar-refractivity contribution in [2.45, 2.75) is 25.2 Å². The quantitative estimate of drug-likeness (QED) is 0.497. The molecule has 1 fully saturated rings. The molecule has 7 nitrogen and oxygen atoms in total. The maximum Gasteiger partial charge on any atom is 0.283 e. The number of nitro groups is 1. The molecule has 1 saturated heterocycles. The number of primary amides is 1. The Balaban J connectivity index is 2.07. The largest absolute Gasteiger partial charge is 0.366 e. The molecule has 1 aliphatic rings. The predicted octanol–water partition coefficient (Wildman–Crippen LogP) is 2.29. The van der Waals surface area contributed by atoms with Gasteiger partial charge in [0.1, 0.15) is 0 Å². The molecule has 130 valence electrons. The van der Waals surface area contributed by atoms with Gasteiger partial charge in [0, 0.05) is 24.7 Å². The zero-order valence-corrected chi connectivity index (χ0v) is 14.5. The second-order valence-corrected chi connectivity index (χ2v) is 7.35. The topological polar surface area (TPSA) is 107 Å². The number of hydrogen-bond donors (Lipinski definition) is 1. The lowest BCUT2D eigenvalue weighted by molar-refractivity contribution is -0.387. The van der Waals surface area contributed by atoms with Crippen LogP contribution in [0.3, 0.4) is 0 Å². The standard InChI is InChI=1S/C16H21N3O4S/c1-10-5-11(2)8-18(7-10)15(20)9-24-14-4-3-12(16(17)21)6-13(14)19(22)23/h3-4,6,10-11H,5,7-9H2,1-2H3,(H2,17,21). The van der Waals surface area contributed by atoms with Crippen molar-refractivity contribution in [2.24, 2.45) is 17.6 Å². The van der Waals surface area contributed by atoms with Crippen molar-refractivity contribution in [3.8, 4) is 0 Å². The van der Waals surface area contributed by atoms with Crippen LogP contribution in [0.4, 0.5) is 5.69 Å². The number of hydrogen-bond acceptors (Lipinski definition) is 5. The third-order valence-electron chi connectivity index (χ3n) is 4.01. The van der Waals surface area contributed by atoms with E-state index in [0.717, 1.165) is 37.3 Å². The highest BCUT2D eigenvalue weighted by Gasteiger charge is 2.26. The number of carbonyl (C=O) groups excluding carboxylic acids is 2. The number of rotatable bonds is 5. The molecular weight excluding hydrogens is 330 g/mol. The maximum absolute atomic E-state index is 12.4. The van der Waals surface area contributed by atoms with Crippen molar-refractivity contribution < 1.29 is 14.5 Å². The summed E-state index contributed by atoms with van der Waals surface area (Å²) in [6, 6.07) is 4.06. The molecule has 1 aromatic rings. The smallest absolute Gasteiger partial charge is 0.283 e. The average molecular weight is 351 g/mol.